The first kappa shape index (κ1) is 13.5. The Morgan fingerprint density at radius 1 is 1.59 bits per heavy atom. The Morgan fingerprint density at radius 3 is 2.71 bits per heavy atom. The van der Waals surface area contributed by atoms with Gasteiger partial charge in [0, 0.05) is 6.20 Å². The van der Waals surface area contributed by atoms with Crippen LogP contribution in [0.25, 0.3) is 0 Å². The highest BCUT2D eigenvalue weighted by molar-refractivity contribution is 7.89. The minimum Gasteiger partial charge on any atom is -0.480 e. The van der Waals surface area contributed by atoms with E-state index in [1.54, 1.807) is 0 Å². The molecular weight excluding hydrogens is 251 g/mol. The number of pyridine rings is 1. The van der Waals surface area contributed by atoms with Gasteiger partial charge in [-0.15, -0.1) is 0 Å². The molecule has 94 valence electrons. The van der Waals surface area contributed by atoms with E-state index in [9.17, 15) is 17.6 Å². The van der Waals surface area contributed by atoms with Crippen molar-refractivity contribution in [2.45, 2.75) is 24.3 Å². The second-order valence-corrected chi connectivity index (χ2v) is 4.97. The summed E-state index contributed by atoms with van der Waals surface area (Å²) in [6.07, 6.45) is 1.88. The number of carboxylic acids is 1. The van der Waals surface area contributed by atoms with Crippen molar-refractivity contribution in [3.05, 3.63) is 24.3 Å². The van der Waals surface area contributed by atoms with Crippen LogP contribution in [0.3, 0.4) is 0 Å². The predicted octanol–water partition coefficient (Wildman–Crippen LogP) is 0.362. The number of sulfonamides is 1. The van der Waals surface area contributed by atoms with Gasteiger partial charge in [0.2, 0.25) is 10.0 Å². The summed E-state index contributed by atoms with van der Waals surface area (Å²) in [7, 11) is -4.07. The van der Waals surface area contributed by atoms with Gasteiger partial charge in [0.25, 0.3) is 0 Å². The fourth-order valence-electron chi connectivity index (χ4n) is 1.10. The normalized spacial score (nSPS) is 13.3. The number of carboxylic acid groups (broad SMARTS) is 1. The number of rotatable bonds is 5. The van der Waals surface area contributed by atoms with Crippen LogP contribution in [0.2, 0.25) is 0 Å². The first-order valence-corrected chi connectivity index (χ1v) is 6.21. The van der Waals surface area contributed by atoms with Crippen molar-refractivity contribution in [3.63, 3.8) is 0 Å². The fourth-order valence-corrected chi connectivity index (χ4v) is 2.35. The fraction of sp³-hybridized carbons (Fsp3) is 0.333. The quantitative estimate of drug-likeness (QED) is 0.798. The highest BCUT2D eigenvalue weighted by Crippen LogP contribution is 2.09. The van der Waals surface area contributed by atoms with Gasteiger partial charge in [0.15, 0.2) is 0 Å². The maximum absolute atomic E-state index is 12.8. The Labute approximate surface area is 97.5 Å². The van der Waals surface area contributed by atoms with Crippen LogP contribution in [0.4, 0.5) is 4.39 Å². The summed E-state index contributed by atoms with van der Waals surface area (Å²) >= 11 is 0. The number of halogens is 1. The molecule has 1 rings (SSSR count). The minimum absolute atomic E-state index is 0.0807. The number of hydrogen-bond acceptors (Lipinski definition) is 4. The molecule has 0 saturated heterocycles. The van der Waals surface area contributed by atoms with Gasteiger partial charge in [-0.05, 0) is 12.5 Å². The zero-order valence-electron chi connectivity index (χ0n) is 8.92. The number of nitrogens with one attached hydrogen (secondary N) is 1. The van der Waals surface area contributed by atoms with Gasteiger partial charge < -0.3 is 5.11 Å². The molecule has 1 atom stereocenters. The van der Waals surface area contributed by atoms with Crippen LogP contribution >= 0.6 is 0 Å². The van der Waals surface area contributed by atoms with Gasteiger partial charge in [0.1, 0.15) is 16.8 Å². The van der Waals surface area contributed by atoms with E-state index >= 15 is 0 Å². The summed E-state index contributed by atoms with van der Waals surface area (Å²) < 4.78 is 38.1. The van der Waals surface area contributed by atoms with Crippen LogP contribution in [0, 0.1) is 5.82 Å². The van der Waals surface area contributed by atoms with Gasteiger partial charge in [0.05, 0.1) is 6.20 Å². The van der Waals surface area contributed by atoms with Gasteiger partial charge in [-0.2, -0.15) is 4.72 Å². The molecule has 8 heteroatoms. The molecular formula is C9H11FN2O4S. The summed E-state index contributed by atoms with van der Waals surface area (Å²) in [5.74, 6) is -2.10. The molecule has 2 N–H and O–H groups in total. The number of hydrogen-bond donors (Lipinski definition) is 2. The van der Waals surface area contributed by atoms with Gasteiger partial charge >= 0.3 is 5.97 Å². The molecule has 0 saturated carbocycles. The number of nitrogens with zero attached hydrogens (tertiary/aromatic N) is 1. The SMILES string of the molecule is CCC(NS(=O)(=O)c1cncc(F)c1)C(=O)O. The van der Waals surface area contributed by atoms with Crippen LogP contribution < -0.4 is 4.72 Å². The van der Waals surface area contributed by atoms with Crippen molar-refractivity contribution in [3.8, 4) is 0 Å². The van der Waals surface area contributed by atoms with Crippen LogP contribution in [0.1, 0.15) is 13.3 Å². The Bertz CT molecular complexity index is 517. The van der Waals surface area contributed by atoms with Crippen molar-refractivity contribution in [1.29, 1.82) is 0 Å². The molecule has 0 aliphatic carbocycles. The molecule has 6 nitrogen and oxygen atoms in total. The summed E-state index contributed by atoms with van der Waals surface area (Å²) in [5.41, 5.74) is 0. The topological polar surface area (TPSA) is 96.4 Å². The predicted molar refractivity (Wildman–Crippen MR) is 56.2 cm³/mol. The van der Waals surface area contributed by atoms with Gasteiger partial charge in [-0.25, -0.2) is 12.8 Å². The summed E-state index contributed by atoms with van der Waals surface area (Å²) in [6, 6.07) is -0.479. The van der Waals surface area contributed by atoms with Crippen LogP contribution in [0.5, 0.6) is 0 Å². The second kappa shape index (κ2) is 5.19. The lowest BCUT2D eigenvalue weighted by atomic mass is 10.2. The van der Waals surface area contributed by atoms with Crippen LogP contribution in [-0.2, 0) is 14.8 Å². The summed E-state index contributed by atoms with van der Waals surface area (Å²) in [6.45, 7) is 1.52. The molecule has 1 aromatic rings. The highest BCUT2D eigenvalue weighted by Gasteiger charge is 2.24. The molecule has 0 bridgehead atoms. The molecule has 0 aliphatic rings. The van der Waals surface area contributed by atoms with Gasteiger partial charge in [-0.3, -0.25) is 9.78 Å². The molecule has 0 aromatic carbocycles. The lowest BCUT2D eigenvalue weighted by molar-refractivity contribution is -0.139. The molecule has 0 aliphatic heterocycles. The molecule has 0 radical (unpaired) electrons. The van der Waals surface area contributed by atoms with E-state index in [0.717, 1.165) is 18.5 Å². The molecule has 1 unspecified atom stereocenters. The van der Waals surface area contributed by atoms with E-state index in [1.165, 1.54) is 6.92 Å². The van der Waals surface area contributed by atoms with E-state index in [1.807, 2.05) is 4.72 Å². The second-order valence-electron chi connectivity index (χ2n) is 3.26. The monoisotopic (exact) mass is 262 g/mol. The molecule has 17 heavy (non-hydrogen) atoms. The van der Waals surface area contributed by atoms with Crippen molar-refractivity contribution in [2.24, 2.45) is 0 Å². The summed E-state index contributed by atoms with van der Waals surface area (Å²) in [4.78, 5) is 13.7. The van der Waals surface area contributed by atoms with Crippen LogP contribution in [-0.4, -0.2) is 30.5 Å². The maximum Gasteiger partial charge on any atom is 0.321 e. The molecule has 0 fully saturated rings. The smallest absolute Gasteiger partial charge is 0.321 e. The van der Waals surface area contributed by atoms with Crippen molar-refractivity contribution in [2.75, 3.05) is 0 Å². The van der Waals surface area contributed by atoms with E-state index in [0.29, 0.717) is 0 Å². The molecule has 0 amide bonds. The molecule has 1 heterocycles. The van der Waals surface area contributed by atoms with Crippen LogP contribution in [0.15, 0.2) is 23.4 Å². The third kappa shape index (κ3) is 3.46. The lowest BCUT2D eigenvalue weighted by Crippen LogP contribution is -2.40. The van der Waals surface area contributed by atoms with Crippen molar-refractivity contribution < 1.29 is 22.7 Å². The first-order valence-electron chi connectivity index (χ1n) is 4.72. The van der Waals surface area contributed by atoms with E-state index in [2.05, 4.69) is 4.98 Å². The lowest BCUT2D eigenvalue weighted by Gasteiger charge is -2.12. The van der Waals surface area contributed by atoms with Gasteiger partial charge in [-0.1, -0.05) is 6.92 Å². The number of aromatic nitrogens is 1. The largest absolute Gasteiger partial charge is 0.480 e. The zero-order valence-corrected chi connectivity index (χ0v) is 9.74. The molecule has 0 spiro atoms. The van der Waals surface area contributed by atoms with Crippen molar-refractivity contribution in [1.82, 2.24) is 9.71 Å². The van der Waals surface area contributed by atoms with E-state index in [4.69, 9.17) is 5.11 Å². The number of aliphatic carboxylic acids is 1. The van der Waals surface area contributed by atoms with E-state index in [-0.39, 0.29) is 6.42 Å². The Morgan fingerprint density at radius 2 is 2.24 bits per heavy atom. The average Bonchev–Trinajstić information content (AvgIpc) is 2.25. The standard InChI is InChI=1S/C9H11FN2O4S/c1-2-8(9(13)14)12-17(15,16)7-3-6(10)4-11-5-7/h3-5,8,12H,2H2,1H3,(H,13,14). The Balaban J connectivity index is 3.00. The van der Waals surface area contributed by atoms with E-state index < -0.39 is 32.7 Å². The third-order valence-electron chi connectivity index (χ3n) is 1.99. The molecule has 1 aromatic heterocycles. The Kier molecular flexibility index (Phi) is 4.13. The van der Waals surface area contributed by atoms with Crippen molar-refractivity contribution >= 4 is 16.0 Å². The minimum atomic E-state index is -4.07. The first-order chi connectivity index (χ1) is 7.86. The summed E-state index contributed by atoms with van der Waals surface area (Å²) in [5, 5.41) is 8.72. The maximum atomic E-state index is 12.8. The Hall–Kier alpha value is -1.54. The average molecular weight is 262 g/mol. The highest BCUT2D eigenvalue weighted by atomic mass is 32.2. The zero-order chi connectivity index (χ0) is 13.1. The number of carbonyl (C=O) groups is 1. The third-order valence-corrected chi connectivity index (χ3v) is 3.43.